The van der Waals surface area contributed by atoms with E-state index in [4.69, 9.17) is 4.74 Å². The summed E-state index contributed by atoms with van der Waals surface area (Å²) in [7, 11) is 2.85. The highest BCUT2D eigenvalue weighted by Gasteiger charge is 2.22. The molecule has 5 nitrogen and oxygen atoms in total. The van der Waals surface area contributed by atoms with Crippen LogP contribution in [0.15, 0.2) is 36.9 Å². The minimum Gasteiger partial charge on any atom is -0.497 e. The fraction of sp³-hybridized carbons (Fsp3) is 0.333. The lowest BCUT2D eigenvalue weighted by molar-refractivity contribution is -0.140. The van der Waals surface area contributed by atoms with Crippen molar-refractivity contribution in [3.63, 3.8) is 0 Å². The molecule has 0 amide bonds. The van der Waals surface area contributed by atoms with Crippen LogP contribution in [0.25, 0.3) is 0 Å². The highest BCUT2D eigenvalue weighted by molar-refractivity contribution is 6.01. The number of benzene rings is 1. The van der Waals surface area contributed by atoms with E-state index in [1.807, 2.05) is 0 Å². The summed E-state index contributed by atoms with van der Waals surface area (Å²) >= 11 is 0. The summed E-state index contributed by atoms with van der Waals surface area (Å²) in [5, 5.41) is 2.96. The van der Waals surface area contributed by atoms with Crippen LogP contribution in [0.4, 0.5) is 0 Å². The zero-order valence-corrected chi connectivity index (χ0v) is 11.7. The zero-order chi connectivity index (χ0) is 15.0. The van der Waals surface area contributed by atoms with Crippen molar-refractivity contribution in [3.8, 4) is 5.75 Å². The first-order chi connectivity index (χ1) is 9.62. The van der Waals surface area contributed by atoms with Crippen LogP contribution >= 0.6 is 0 Å². The van der Waals surface area contributed by atoms with Crippen molar-refractivity contribution in [2.45, 2.75) is 12.5 Å². The highest BCUT2D eigenvalue weighted by Crippen LogP contribution is 2.14. The number of esters is 1. The molecule has 1 N–H and O–H groups in total. The Morgan fingerprint density at radius 3 is 2.45 bits per heavy atom. The van der Waals surface area contributed by atoms with Gasteiger partial charge in [-0.05, 0) is 24.3 Å². The Hall–Kier alpha value is -2.14. The third kappa shape index (κ3) is 4.51. The van der Waals surface area contributed by atoms with Crippen LogP contribution in [0.2, 0.25) is 0 Å². The monoisotopic (exact) mass is 277 g/mol. The summed E-state index contributed by atoms with van der Waals surface area (Å²) in [6.07, 6.45) is 1.61. The van der Waals surface area contributed by atoms with E-state index in [0.29, 0.717) is 17.9 Å². The molecule has 1 unspecified atom stereocenters. The van der Waals surface area contributed by atoms with Gasteiger partial charge >= 0.3 is 5.97 Å². The Bertz CT molecular complexity index is 467. The minimum absolute atomic E-state index is 0.0186. The van der Waals surface area contributed by atoms with Crippen molar-refractivity contribution in [1.29, 1.82) is 0 Å². The summed E-state index contributed by atoms with van der Waals surface area (Å²) in [5.41, 5.74) is 0.510. The molecule has 0 radical (unpaired) electrons. The Morgan fingerprint density at radius 2 is 1.95 bits per heavy atom. The maximum absolute atomic E-state index is 12.4. The predicted molar refractivity (Wildman–Crippen MR) is 75.9 cm³/mol. The molecule has 0 aliphatic heterocycles. The maximum atomic E-state index is 12.4. The van der Waals surface area contributed by atoms with Gasteiger partial charge in [0.05, 0.1) is 26.7 Å². The number of methoxy groups -OCH3 is 2. The first-order valence-corrected chi connectivity index (χ1v) is 6.21. The average molecular weight is 277 g/mol. The molecular formula is C15H19NO4. The molecule has 1 rings (SSSR count). The molecule has 1 aromatic rings. The Balaban J connectivity index is 2.84. The second kappa shape index (κ2) is 8.12. The second-order valence-electron chi connectivity index (χ2n) is 4.12. The van der Waals surface area contributed by atoms with E-state index in [9.17, 15) is 9.59 Å². The third-order valence-corrected chi connectivity index (χ3v) is 2.80. The van der Waals surface area contributed by atoms with E-state index in [0.717, 1.165) is 0 Å². The molecule has 0 saturated carbocycles. The molecule has 0 bridgehead atoms. The fourth-order valence-electron chi connectivity index (χ4n) is 1.69. The van der Waals surface area contributed by atoms with Crippen LogP contribution in [0.5, 0.6) is 5.75 Å². The first-order valence-electron chi connectivity index (χ1n) is 6.21. The van der Waals surface area contributed by atoms with Gasteiger partial charge in [-0.3, -0.25) is 9.59 Å². The molecule has 0 aliphatic rings. The minimum atomic E-state index is -0.631. The zero-order valence-electron chi connectivity index (χ0n) is 11.7. The molecule has 20 heavy (non-hydrogen) atoms. The fourth-order valence-corrected chi connectivity index (χ4v) is 1.69. The van der Waals surface area contributed by atoms with Gasteiger partial charge in [0.1, 0.15) is 5.75 Å². The van der Waals surface area contributed by atoms with Gasteiger partial charge in [-0.1, -0.05) is 6.08 Å². The largest absolute Gasteiger partial charge is 0.497 e. The number of ketones is 1. The topological polar surface area (TPSA) is 64.6 Å². The van der Waals surface area contributed by atoms with Crippen molar-refractivity contribution >= 4 is 11.8 Å². The Kier molecular flexibility index (Phi) is 6.46. The van der Waals surface area contributed by atoms with Crippen molar-refractivity contribution in [2.75, 3.05) is 20.8 Å². The lowest BCUT2D eigenvalue weighted by Crippen LogP contribution is -2.39. The van der Waals surface area contributed by atoms with Crippen LogP contribution < -0.4 is 10.1 Å². The van der Waals surface area contributed by atoms with E-state index in [2.05, 4.69) is 16.6 Å². The van der Waals surface area contributed by atoms with Gasteiger partial charge in [0, 0.05) is 12.1 Å². The van der Waals surface area contributed by atoms with Gasteiger partial charge in [-0.15, -0.1) is 6.58 Å². The van der Waals surface area contributed by atoms with Crippen LogP contribution in [0, 0.1) is 0 Å². The summed E-state index contributed by atoms with van der Waals surface area (Å²) in [4.78, 5) is 23.7. The standard InChI is InChI=1S/C15H19NO4/c1-4-9-16-13(10-14(17)20-3)15(18)11-5-7-12(19-2)8-6-11/h4-8,13,16H,1,9-10H2,2-3H3. The molecule has 0 aliphatic carbocycles. The van der Waals surface area contributed by atoms with Gasteiger partial charge < -0.3 is 14.8 Å². The van der Waals surface area contributed by atoms with Gasteiger partial charge in [0.25, 0.3) is 0 Å². The van der Waals surface area contributed by atoms with E-state index in [1.54, 1.807) is 37.5 Å². The Labute approximate surface area is 118 Å². The summed E-state index contributed by atoms with van der Waals surface area (Å²) < 4.78 is 9.65. The lowest BCUT2D eigenvalue weighted by Gasteiger charge is -2.15. The number of hydrogen-bond acceptors (Lipinski definition) is 5. The van der Waals surface area contributed by atoms with Crippen LogP contribution in [0.3, 0.4) is 0 Å². The van der Waals surface area contributed by atoms with Gasteiger partial charge in [-0.2, -0.15) is 0 Å². The number of carbonyl (C=O) groups excluding carboxylic acids is 2. The number of hydrogen-bond donors (Lipinski definition) is 1. The average Bonchev–Trinajstić information content (AvgIpc) is 2.50. The van der Waals surface area contributed by atoms with Crippen LogP contribution in [-0.2, 0) is 9.53 Å². The third-order valence-electron chi connectivity index (χ3n) is 2.80. The summed E-state index contributed by atoms with van der Waals surface area (Å²) in [6.45, 7) is 4.01. The van der Waals surface area contributed by atoms with Crippen molar-refractivity contribution in [1.82, 2.24) is 5.32 Å². The molecule has 0 heterocycles. The van der Waals surface area contributed by atoms with Gasteiger partial charge in [-0.25, -0.2) is 0 Å². The summed E-state index contributed by atoms with van der Waals surface area (Å²) in [6, 6.07) is 6.11. The van der Waals surface area contributed by atoms with E-state index in [-0.39, 0.29) is 12.2 Å². The molecule has 5 heteroatoms. The molecule has 0 fully saturated rings. The van der Waals surface area contributed by atoms with Crippen LogP contribution in [-0.4, -0.2) is 38.6 Å². The SMILES string of the molecule is C=CCNC(CC(=O)OC)C(=O)c1ccc(OC)cc1. The van der Waals surface area contributed by atoms with E-state index < -0.39 is 12.0 Å². The number of nitrogens with one attached hydrogen (secondary N) is 1. The van der Waals surface area contributed by atoms with Crippen LogP contribution in [0.1, 0.15) is 16.8 Å². The molecule has 0 saturated heterocycles. The number of carbonyl (C=O) groups is 2. The van der Waals surface area contributed by atoms with Crippen molar-refractivity contribution in [3.05, 3.63) is 42.5 Å². The number of Topliss-reactive ketones (excluding diaryl/α,β-unsaturated/α-hetero) is 1. The van der Waals surface area contributed by atoms with Gasteiger partial charge in [0.15, 0.2) is 5.78 Å². The second-order valence-corrected chi connectivity index (χ2v) is 4.12. The van der Waals surface area contributed by atoms with Crippen molar-refractivity contribution < 1.29 is 19.1 Å². The van der Waals surface area contributed by atoms with Gasteiger partial charge in [0.2, 0.25) is 0 Å². The molecule has 108 valence electrons. The predicted octanol–water partition coefficient (Wildman–Crippen LogP) is 1.59. The summed E-state index contributed by atoms with van der Waals surface area (Å²) in [5.74, 6) is 0.0680. The Morgan fingerprint density at radius 1 is 1.30 bits per heavy atom. The normalized spacial score (nSPS) is 11.5. The van der Waals surface area contributed by atoms with Crippen molar-refractivity contribution in [2.24, 2.45) is 0 Å². The highest BCUT2D eigenvalue weighted by atomic mass is 16.5. The smallest absolute Gasteiger partial charge is 0.307 e. The molecule has 0 spiro atoms. The number of ether oxygens (including phenoxy) is 2. The first kappa shape index (κ1) is 15.9. The molecule has 1 atom stereocenters. The maximum Gasteiger partial charge on any atom is 0.307 e. The quantitative estimate of drug-likeness (QED) is 0.444. The molecule has 0 aromatic heterocycles. The molecular weight excluding hydrogens is 258 g/mol. The van der Waals surface area contributed by atoms with E-state index in [1.165, 1.54) is 7.11 Å². The lowest BCUT2D eigenvalue weighted by atomic mass is 10.0. The number of rotatable bonds is 8. The van der Waals surface area contributed by atoms with E-state index >= 15 is 0 Å². The molecule has 1 aromatic carbocycles.